The zero-order valence-electron chi connectivity index (χ0n) is 12.6. The molecule has 0 spiro atoms. The van der Waals surface area contributed by atoms with Crippen LogP contribution in [0.15, 0.2) is 18.3 Å². The van der Waals surface area contributed by atoms with Crippen molar-refractivity contribution in [2.45, 2.75) is 51.6 Å². The van der Waals surface area contributed by atoms with E-state index < -0.39 is 10.0 Å². The summed E-state index contributed by atoms with van der Waals surface area (Å²) < 4.78 is 26.8. The van der Waals surface area contributed by atoms with E-state index in [1.54, 1.807) is 6.20 Å². The molecule has 1 aliphatic rings. The predicted molar refractivity (Wildman–Crippen MR) is 84.5 cm³/mol. The maximum atomic E-state index is 12.1. The molecule has 1 fully saturated rings. The van der Waals surface area contributed by atoms with Crippen LogP contribution in [0.5, 0.6) is 0 Å². The van der Waals surface area contributed by atoms with Crippen LogP contribution in [0, 0.1) is 0 Å². The summed E-state index contributed by atoms with van der Waals surface area (Å²) in [5, 5.41) is 3.38. The molecule has 0 aromatic carbocycles. The second kappa shape index (κ2) is 7.87. The molecule has 1 saturated heterocycles. The first-order valence-electron chi connectivity index (χ1n) is 7.74. The molecule has 6 heteroatoms. The summed E-state index contributed by atoms with van der Waals surface area (Å²) in [6, 6.07) is 4.21. The summed E-state index contributed by atoms with van der Waals surface area (Å²) >= 11 is 0. The molecule has 0 saturated carbocycles. The van der Waals surface area contributed by atoms with Crippen molar-refractivity contribution in [2.24, 2.45) is 0 Å². The van der Waals surface area contributed by atoms with Gasteiger partial charge in [-0.2, -0.15) is 0 Å². The Morgan fingerprint density at radius 1 is 1.43 bits per heavy atom. The second-order valence-corrected chi connectivity index (χ2v) is 7.46. The summed E-state index contributed by atoms with van der Waals surface area (Å²) in [6.45, 7) is 3.33. The van der Waals surface area contributed by atoms with Crippen molar-refractivity contribution in [2.75, 3.05) is 12.3 Å². The Hall–Kier alpha value is -0.980. The number of rotatable bonds is 7. The lowest BCUT2D eigenvalue weighted by atomic mass is 10.0. The van der Waals surface area contributed by atoms with E-state index in [9.17, 15) is 8.42 Å². The van der Waals surface area contributed by atoms with E-state index in [0.717, 1.165) is 30.6 Å². The molecule has 5 nitrogen and oxygen atoms in total. The van der Waals surface area contributed by atoms with Crippen molar-refractivity contribution >= 4 is 10.0 Å². The Bertz CT molecular complexity index is 540. The number of nitrogens with zero attached hydrogens (tertiary/aromatic N) is 1. The number of hydrogen-bond acceptors (Lipinski definition) is 4. The van der Waals surface area contributed by atoms with E-state index in [1.165, 1.54) is 12.8 Å². The van der Waals surface area contributed by atoms with Gasteiger partial charge in [0.15, 0.2) is 0 Å². The van der Waals surface area contributed by atoms with Gasteiger partial charge in [-0.3, -0.25) is 4.98 Å². The van der Waals surface area contributed by atoms with E-state index >= 15 is 0 Å². The SMILES string of the molecule is CCc1cccnc1CNS(=O)(=O)CCC1CCCCN1. The van der Waals surface area contributed by atoms with Crippen molar-refractivity contribution in [3.05, 3.63) is 29.6 Å². The van der Waals surface area contributed by atoms with Crippen LogP contribution in [0.2, 0.25) is 0 Å². The molecule has 0 radical (unpaired) electrons. The number of hydrogen-bond donors (Lipinski definition) is 2. The lowest BCUT2D eigenvalue weighted by Gasteiger charge is -2.23. The highest BCUT2D eigenvalue weighted by atomic mass is 32.2. The second-order valence-electron chi connectivity index (χ2n) is 5.54. The van der Waals surface area contributed by atoms with Crippen molar-refractivity contribution < 1.29 is 8.42 Å². The van der Waals surface area contributed by atoms with Gasteiger partial charge in [0.1, 0.15) is 0 Å². The van der Waals surface area contributed by atoms with E-state index in [4.69, 9.17) is 0 Å². The van der Waals surface area contributed by atoms with Crippen LogP contribution in [0.1, 0.15) is 43.9 Å². The Morgan fingerprint density at radius 2 is 2.29 bits per heavy atom. The fourth-order valence-corrected chi connectivity index (χ4v) is 3.77. The molecular formula is C15H25N3O2S. The highest BCUT2D eigenvalue weighted by molar-refractivity contribution is 7.89. The summed E-state index contributed by atoms with van der Waals surface area (Å²) in [6.07, 6.45) is 6.71. The van der Waals surface area contributed by atoms with Crippen molar-refractivity contribution in [3.63, 3.8) is 0 Å². The Labute approximate surface area is 127 Å². The molecule has 1 unspecified atom stereocenters. The third kappa shape index (κ3) is 5.37. The summed E-state index contributed by atoms with van der Waals surface area (Å²) in [7, 11) is -3.23. The van der Waals surface area contributed by atoms with Crippen LogP contribution in [-0.4, -0.2) is 31.7 Å². The zero-order valence-corrected chi connectivity index (χ0v) is 13.5. The van der Waals surface area contributed by atoms with Crippen molar-refractivity contribution in [3.8, 4) is 0 Å². The maximum absolute atomic E-state index is 12.1. The highest BCUT2D eigenvalue weighted by Crippen LogP contribution is 2.11. The third-order valence-corrected chi connectivity index (χ3v) is 5.33. The normalized spacial score (nSPS) is 19.6. The van der Waals surface area contributed by atoms with Gasteiger partial charge in [-0.1, -0.05) is 19.4 Å². The van der Waals surface area contributed by atoms with Gasteiger partial charge in [0.2, 0.25) is 10.0 Å². The Balaban J connectivity index is 1.83. The van der Waals surface area contributed by atoms with Crippen molar-refractivity contribution in [1.82, 2.24) is 15.0 Å². The molecule has 2 N–H and O–H groups in total. The van der Waals surface area contributed by atoms with Crippen LogP contribution < -0.4 is 10.0 Å². The van der Waals surface area contributed by atoms with E-state index in [2.05, 4.69) is 15.0 Å². The minimum atomic E-state index is -3.23. The van der Waals surface area contributed by atoms with Gasteiger partial charge in [0.25, 0.3) is 0 Å². The lowest BCUT2D eigenvalue weighted by Crippen LogP contribution is -2.37. The van der Waals surface area contributed by atoms with Crippen LogP contribution in [0.25, 0.3) is 0 Å². The van der Waals surface area contributed by atoms with Gasteiger partial charge < -0.3 is 5.32 Å². The first-order valence-corrected chi connectivity index (χ1v) is 9.39. The number of sulfonamides is 1. The molecule has 1 aromatic heterocycles. The van der Waals surface area contributed by atoms with E-state index in [-0.39, 0.29) is 12.3 Å². The third-order valence-electron chi connectivity index (χ3n) is 3.97. The van der Waals surface area contributed by atoms with Crippen LogP contribution in [0.3, 0.4) is 0 Å². The fourth-order valence-electron chi connectivity index (χ4n) is 2.67. The Kier molecular flexibility index (Phi) is 6.14. The molecule has 0 aliphatic carbocycles. The molecule has 0 amide bonds. The van der Waals surface area contributed by atoms with Gasteiger partial charge in [0.05, 0.1) is 18.0 Å². The minimum Gasteiger partial charge on any atom is -0.314 e. The largest absolute Gasteiger partial charge is 0.314 e. The van der Waals surface area contributed by atoms with Gasteiger partial charge in [0, 0.05) is 12.2 Å². The molecule has 1 aliphatic heterocycles. The van der Waals surface area contributed by atoms with E-state index in [0.29, 0.717) is 12.5 Å². The number of nitrogens with one attached hydrogen (secondary N) is 2. The number of pyridine rings is 1. The lowest BCUT2D eigenvalue weighted by molar-refractivity contribution is 0.392. The zero-order chi connectivity index (χ0) is 15.1. The minimum absolute atomic E-state index is 0.180. The smallest absolute Gasteiger partial charge is 0.212 e. The first-order chi connectivity index (χ1) is 10.1. The molecular weight excluding hydrogens is 286 g/mol. The average Bonchev–Trinajstić information content (AvgIpc) is 2.52. The van der Waals surface area contributed by atoms with Crippen LogP contribution in [-0.2, 0) is 23.0 Å². The van der Waals surface area contributed by atoms with Crippen molar-refractivity contribution in [1.29, 1.82) is 0 Å². The average molecular weight is 311 g/mol. The quantitative estimate of drug-likeness (QED) is 0.802. The molecule has 2 heterocycles. The monoisotopic (exact) mass is 311 g/mol. The summed E-state index contributed by atoms with van der Waals surface area (Å²) in [4.78, 5) is 4.26. The molecule has 21 heavy (non-hydrogen) atoms. The van der Waals surface area contributed by atoms with E-state index in [1.807, 2.05) is 19.1 Å². The summed E-state index contributed by atoms with van der Waals surface area (Å²) in [5.41, 5.74) is 1.91. The van der Waals surface area contributed by atoms with Crippen LogP contribution >= 0.6 is 0 Å². The maximum Gasteiger partial charge on any atom is 0.212 e. The molecule has 1 aromatic rings. The predicted octanol–water partition coefficient (Wildman–Crippen LogP) is 1.60. The molecule has 0 bridgehead atoms. The molecule has 2 rings (SSSR count). The molecule has 118 valence electrons. The standard InChI is InChI=1S/C15H25N3O2S/c1-2-13-6-5-10-17-15(13)12-18-21(19,20)11-8-14-7-3-4-9-16-14/h5-6,10,14,16,18H,2-4,7-9,11-12H2,1H3. The Morgan fingerprint density at radius 3 is 3.00 bits per heavy atom. The van der Waals surface area contributed by atoms with Crippen LogP contribution in [0.4, 0.5) is 0 Å². The number of aryl methyl sites for hydroxylation is 1. The van der Waals surface area contributed by atoms with Gasteiger partial charge >= 0.3 is 0 Å². The fraction of sp³-hybridized carbons (Fsp3) is 0.667. The number of piperidine rings is 1. The number of aromatic nitrogens is 1. The van der Waals surface area contributed by atoms with Gasteiger partial charge in [-0.05, 0) is 43.9 Å². The molecule has 1 atom stereocenters. The van der Waals surface area contributed by atoms with Gasteiger partial charge in [-0.25, -0.2) is 13.1 Å². The highest BCUT2D eigenvalue weighted by Gasteiger charge is 2.17. The first kappa shape index (κ1) is 16.4. The topological polar surface area (TPSA) is 71.1 Å². The summed E-state index contributed by atoms with van der Waals surface area (Å²) in [5.74, 6) is 0.180. The van der Waals surface area contributed by atoms with Gasteiger partial charge in [-0.15, -0.1) is 0 Å².